The SMILES string of the molecule is Cc1c2n(c(OC[C@@H]3CCCO3)cc1=O)CCc1cc(OCC(F)(F)F)ccc1-2. The van der Waals surface area contributed by atoms with Crippen LogP contribution >= 0.6 is 0 Å². The van der Waals surface area contributed by atoms with Crippen molar-refractivity contribution in [3.05, 3.63) is 45.6 Å². The number of pyridine rings is 1. The van der Waals surface area contributed by atoms with Gasteiger partial charge >= 0.3 is 6.18 Å². The highest BCUT2D eigenvalue weighted by Crippen LogP contribution is 2.36. The number of benzene rings is 1. The summed E-state index contributed by atoms with van der Waals surface area (Å²) in [7, 11) is 0. The number of aryl methyl sites for hydroxylation is 1. The fourth-order valence-corrected chi connectivity index (χ4v) is 3.87. The monoisotopic (exact) mass is 409 g/mol. The van der Waals surface area contributed by atoms with Crippen molar-refractivity contribution in [3.63, 3.8) is 0 Å². The van der Waals surface area contributed by atoms with Crippen molar-refractivity contribution in [1.29, 1.82) is 0 Å². The summed E-state index contributed by atoms with van der Waals surface area (Å²) in [6, 6.07) is 6.33. The van der Waals surface area contributed by atoms with Gasteiger partial charge in [0.25, 0.3) is 0 Å². The number of hydrogen-bond acceptors (Lipinski definition) is 4. The second-order valence-corrected chi connectivity index (χ2v) is 7.39. The second kappa shape index (κ2) is 7.74. The minimum atomic E-state index is -4.39. The first-order chi connectivity index (χ1) is 13.8. The van der Waals surface area contributed by atoms with Gasteiger partial charge in [0, 0.05) is 30.3 Å². The van der Waals surface area contributed by atoms with Gasteiger partial charge in [-0.25, -0.2) is 0 Å². The van der Waals surface area contributed by atoms with Crippen LogP contribution < -0.4 is 14.9 Å². The van der Waals surface area contributed by atoms with Gasteiger partial charge < -0.3 is 18.8 Å². The van der Waals surface area contributed by atoms with Gasteiger partial charge in [-0.1, -0.05) is 0 Å². The van der Waals surface area contributed by atoms with Crippen LogP contribution in [0.4, 0.5) is 13.2 Å². The van der Waals surface area contributed by atoms with Gasteiger partial charge in [0.2, 0.25) is 0 Å². The van der Waals surface area contributed by atoms with Gasteiger partial charge in [0.05, 0.1) is 11.8 Å². The zero-order valence-electron chi connectivity index (χ0n) is 16.1. The highest BCUT2D eigenvalue weighted by atomic mass is 19.4. The molecule has 3 heterocycles. The summed E-state index contributed by atoms with van der Waals surface area (Å²) in [4.78, 5) is 12.5. The Morgan fingerprint density at radius 2 is 2.07 bits per heavy atom. The third-order valence-electron chi connectivity index (χ3n) is 5.30. The molecule has 0 radical (unpaired) electrons. The molecule has 8 heteroatoms. The van der Waals surface area contributed by atoms with Gasteiger partial charge in [0.1, 0.15) is 12.4 Å². The molecule has 1 fully saturated rings. The number of hydrogen-bond donors (Lipinski definition) is 0. The fourth-order valence-electron chi connectivity index (χ4n) is 3.87. The molecule has 1 atom stereocenters. The molecular formula is C21H22F3NO4. The van der Waals surface area contributed by atoms with E-state index in [2.05, 4.69) is 0 Å². The van der Waals surface area contributed by atoms with Crippen molar-refractivity contribution in [2.45, 2.75) is 45.0 Å². The lowest BCUT2D eigenvalue weighted by atomic mass is 9.94. The van der Waals surface area contributed by atoms with Crippen LogP contribution in [0.15, 0.2) is 29.1 Å². The zero-order chi connectivity index (χ0) is 20.6. The first-order valence-corrected chi connectivity index (χ1v) is 9.63. The predicted octanol–water partition coefficient (Wildman–Crippen LogP) is 3.88. The zero-order valence-corrected chi connectivity index (χ0v) is 16.1. The molecule has 2 aliphatic heterocycles. The molecule has 1 aromatic heterocycles. The van der Waals surface area contributed by atoms with Gasteiger partial charge in [-0.15, -0.1) is 0 Å². The van der Waals surface area contributed by atoms with Crippen LogP contribution in [0.25, 0.3) is 11.3 Å². The van der Waals surface area contributed by atoms with E-state index in [-0.39, 0.29) is 17.3 Å². The molecular weight excluding hydrogens is 387 g/mol. The summed E-state index contributed by atoms with van der Waals surface area (Å²) in [6.07, 6.45) is -1.81. The summed E-state index contributed by atoms with van der Waals surface area (Å²) < 4.78 is 55.6. The largest absolute Gasteiger partial charge is 0.484 e. The van der Waals surface area contributed by atoms with E-state index >= 15 is 0 Å². The molecule has 29 heavy (non-hydrogen) atoms. The van der Waals surface area contributed by atoms with Crippen LogP contribution in [-0.4, -0.2) is 36.7 Å². The van der Waals surface area contributed by atoms with E-state index in [0.29, 0.717) is 31.0 Å². The molecule has 4 rings (SSSR count). The molecule has 0 N–H and O–H groups in total. The Morgan fingerprint density at radius 1 is 1.24 bits per heavy atom. The van der Waals surface area contributed by atoms with E-state index in [9.17, 15) is 18.0 Å². The maximum absolute atomic E-state index is 12.5. The lowest BCUT2D eigenvalue weighted by molar-refractivity contribution is -0.153. The molecule has 1 saturated heterocycles. The van der Waals surface area contributed by atoms with Crippen LogP contribution in [0.1, 0.15) is 24.0 Å². The highest BCUT2D eigenvalue weighted by molar-refractivity contribution is 5.70. The first kappa shape index (κ1) is 19.8. The molecule has 0 aliphatic carbocycles. The molecule has 156 valence electrons. The molecule has 5 nitrogen and oxygen atoms in total. The Morgan fingerprint density at radius 3 is 2.79 bits per heavy atom. The van der Waals surface area contributed by atoms with Crippen molar-refractivity contribution in [1.82, 2.24) is 4.57 Å². The van der Waals surface area contributed by atoms with Crippen LogP contribution in [-0.2, 0) is 17.7 Å². The summed E-state index contributed by atoms with van der Waals surface area (Å²) in [5.74, 6) is 0.662. The van der Waals surface area contributed by atoms with Gasteiger partial charge in [0.15, 0.2) is 17.9 Å². The van der Waals surface area contributed by atoms with Crippen LogP contribution in [0.5, 0.6) is 11.6 Å². The maximum atomic E-state index is 12.5. The van der Waals surface area contributed by atoms with Crippen molar-refractivity contribution in [2.24, 2.45) is 0 Å². The molecule has 1 aromatic carbocycles. The highest BCUT2D eigenvalue weighted by Gasteiger charge is 2.29. The second-order valence-electron chi connectivity index (χ2n) is 7.39. The minimum Gasteiger partial charge on any atom is -0.484 e. The Bertz CT molecular complexity index is 962. The number of halogens is 3. The third kappa shape index (κ3) is 4.27. The Hall–Kier alpha value is -2.48. The van der Waals surface area contributed by atoms with Crippen molar-refractivity contribution in [3.8, 4) is 22.9 Å². The number of aromatic nitrogens is 1. The Labute approximate surface area is 166 Å². The predicted molar refractivity (Wildman–Crippen MR) is 101 cm³/mol. The van der Waals surface area contributed by atoms with E-state index in [1.165, 1.54) is 12.1 Å². The van der Waals surface area contributed by atoms with E-state index in [1.807, 2.05) is 4.57 Å². The van der Waals surface area contributed by atoms with E-state index < -0.39 is 12.8 Å². The number of rotatable bonds is 5. The molecule has 0 saturated carbocycles. The van der Waals surface area contributed by atoms with Crippen molar-refractivity contribution in [2.75, 3.05) is 19.8 Å². The maximum Gasteiger partial charge on any atom is 0.422 e. The first-order valence-electron chi connectivity index (χ1n) is 9.63. The van der Waals surface area contributed by atoms with Crippen LogP contribution in [0, 0.1) is 6.92 Å². The Balaban J connectivity index is 1.64. The number of nitrogens with zero attached hydrogens (tertiary/aromatic N) is 1. The lowest BCUT2D eigenvalue weighted by Crippen LogP contribution is -2.24. The molecule has 0 unspecified atom stereocenters. The molecule has 2 aromatic rings. The number of alkyl halides is 3. The Kier molecular flexibility index (Phi) is 5.29. The lowest BCUT2D eigenvalue weighted by Gasteiger charge is -2.27. The summed E-state index contributed by atoms with van der Waals surface area (Å²) in [6.45, 7) is 2.10. The molecule has 0 amide bonds. The molecule has 0 spiro atoms. The normalized spacial score (nSPS) is 18.3. The average molecular weight is 409 g/mol. The topological polar surface area (TPSA) is 49.7 Å². The van der Waals surface area contributed by atoms with Crippen LogP contribution in [0.3, 0.4) is 0 Å². The van der Waals surface area contributed by atoms with Gasteiger partial charge in [-0.05, 0) is 49.9 Å². The minimum absolute atomic E-state index is 0.0341. The average Bonchev–Trinajstić information content (AvgIpc) is 3.20. The van der Waals surface area contributed by atoms with E-state index in [4.69, 9.17) is 14.2 Å². The molecule has 0 bridgehead atoms. The van der Waals surface area contributed by atoms with E-state index in [1.54, 1.807) is 19.1 Å². The van der Waals surface area contributed by atoms with Gasteiger partial charge in [-0.3, -0.25) is 4.79 Å². The quantitative estimate of drug-likeness (QED) is 0.752. The fraction of sp³-hybridized carbons (Fsp3) is 0.476. The van der Waals surface area contributed by atoms with Crippen molar-refractivity contribution >= 4 is 0 Å². The van der Waals surface area contributed by atoms with E-state index in [0.717, 1.165) is 36.3 Å². The summed E-state index contributed by atoms with van der Waals surface area (Å²) in [5, 5.41) is 0. The number of ether oxygens (including phenoxy) is 3. The van der Waals surface area contributed by atoms with Crippen molar-refractivity contribution < 1.29 is 27.4 Å². The summed E-state index contributed by atoms with van der Waals surface area (Å²) in [5.41, 5.74) is 2.85. The third-order valence-corrected chi connectivity index (χ3v) is 5.30. The smallest absolute Gasteiger partial charge is 0.422 e. The van der Waals surface area contributed by atoms with Gasteiger partial charge in [-0.2, -0.15) is 13.2 Å². The standard InChI is InChI=1S/C21H22F3NO4/c1-13-18(26)10-19(28-11-16-3-2-8-27-16)25-7-6-14-9-15(29-12-21(22,23)24)4-5-17(14)20(13)25/h4-5,9-10,16H,2-3,6-8,11-12H2,1H3/t16-/m0/s1. The summed E-state index contributed by atoms with van der Waals surface area (Å²) >= 11 is 0. The number of fused-ring (bicyclic) bond motifs is 3. The van der Waals surface area contributed by atoms with Crippen LogP contribution in [0.2, 0.25) is 0 Å². The molecule has 2 aliphatic rings.